The van der Waals surface area contributed by atoms with E-state index in [0.717, 1.165) is 57.8 Å². The minimum absolute atomic E-state index is 0.0337. The molecule has 6 aliphatic carbocycles. The Morgan fingerprint density at radius 2 is 1.67 bits per heavy atom. The normalized spacial score (nSPS) is 42.3. The maximum absolute atomic E-state index is 14.6. The first-order valence-electron chi connectivity index (χ1n) is 22.8. The number of allylic oxidation sites excluding steroid dienone is 5. The average molecular weight is 811 g/mol. The van der Waals surface area contributed by atoms with Crippen LogP contribution in [0.25, 0.3) is 0 Å². The van der Waals surface area contributed by atoms with Gasteiger partial charge in [0.1, 0.15) is 6.67 Å². The number of fused-ring (bicyclic) bond motifs is 7. The molecule has 7 aliphatic rings. The topological polar surface area (TPSA) is 92.8 Å². The molecule has 57 heavy (non-hydrogen) atoms. The molecule has 10 atom stereocenters. The molecular weight excluding hydrogens is 736 g/mol. The molecule has 9 heteroatoms. The fraction of sp³-hybridized carbons (Fsp3) is 0.833. The number of hydrogen-bond donors (Lipinski definition) is 1. The van der Waals surface area contributed by atoms with E-state index in [1.165, 1.54) is 36.0 Å². The summed E-state index contributed by atoms with van der Waals surface area (Å²) in [6, 6.07) is 0. The maximum Gasteiger partial charge on any atom is 0.315 e. The minimum Gasteiger partial charge on any atom is -0.465 e. The van der Waals surface area contributed by atoms with Crippen molar-refractivity contribution in [3.8, 4) is 0 Å². The second kappa shape index (κ2) is 15.5. The summed E-state index contributed by atoms with van der Waals surface area (Å²) in [4.78, 5) is 29.8. The van der Waals surface area contributed by atoms with Crippen molar-refractivity contribution in [2.24, 2.45) is 62.1 Å². The molecule has 320 valence electrons. The molecule has 0 aromatic carbocycles. The SMILES string of the molecule is C=C(C)[C@@H]1CC[C@]2(C(=O)NCCN3CCS(=O)(=O)CC3)CC[C@]3(C)[C@H](CC[C@@H]4[C@@]5(C)CC=C(C6=CC[C@@](CF)(C(=O)OCCCC)CC6)C(C)(C)[C@@H]5CC[C@]43C)[C@@H]12. The fourth-order valence-corrected chi connectivity index (χ4v) is 16.4. The van der Waals surface area contributed by atoms with Gasteiger partial charge in [-0.3, -0.25) is 14.5 Å². The van der Waals surface area contributed by atoms with Gasteiger partial charge in [0.05, 0.1) is 28.9 Å². The lowest BCUT2D eigenvalue weighted by Gasteiger charge is -2.72. The lowest BCUT2D eigenvalue weighted by Crippen LogP contribution is -2.66. The van der Waals surface area contributed by atoms with E-state index in [9.17, 15) is 22.4 Å². The number of amides is 1. The third-order valence-electron chi connectivity index (χ3n) is 18.6. The smallest absolute Gasteiger partial charge is 0.315 e. The van der Waals surface area contributed by atoms with Crippen LogP contribution in [-0.2, 0) is 24.2 Å². The number of nitrogens with one attached hydrogen (secondary N) is 1. The lowest BCUT2D eigenvalue weighted by molar-refractivity contribution is -0.226. The zero-order chi connectivity index (χ0) is 41.2. The van der Waals surface area contributed by atoms with Crippen molar-refractivity contribution in [1.29, 1.82) is 0 Å². The van der Waals surface area contributed by atoms with E-state index in [1.807, 2.05) is 0 Å². The van der Waals surface area contributed by atoms with Gasteiger partial charge in [0.2, 0.25) is 5.91 Å². The van der Waals surface area contributed by atoms with Crippen LogP contribution in [0.15, 0.2) is 35.5 Å². The molecule has 0 aromatic rings. The summed E-state index contributed by atoms with van der Waals surface area (Å²) >= 11 is 0. The van der Waals surface area contributed by atoms with Gasteiger partial charge in [-0.05, 0) is 153 Å². The average Bonchev–Trinajstić information content (AvgIpc) is 3.57. The number of carbonyl (C=O) groups is 2. The van der Waals surface area contributed by atoms with E-state index in [-0.39, 0.29) is 50.5 Å². The van der Waals surface area contributed by atoms with Gasteiger partial charge < -0.3 is 10.1 Å². The first-order valence-corrected chi connectivity index (χ1v) is 24.7. The predicted octanol–water partition coefficient (Wildman–Crippen LogP) is 9.44. The number of ether oxygens (including phenoxy) is 1. The Morgan fingerprint density at radius 3 is 2.32 bits per heavy atom. The molecule has 1 aliphatic heterocycles. The molecule has 7 nitrogen and oxygen atoms in total. The largest absolute Gasteiger partial charge is 0.465 e. The molecule has 1 heterocycles. The number of rotatable bonds is 11. The van der Waals surface area contributed by atoms with Crippen molar-refractivity contribution in [2.75, 3.05) is 51.0 Å². The van der Waals surface area contributed by atoms with Crippen molar-refractivity contribution in [1.82, 2.24) is 10.2 Å². The van der Waals surface area contributed by atoms with Crippen LogP contribution in [0, 0.1) is 62.1 Å². The number of nitrogens with zero attached hydrogens (tertiary/aromatic N) is 1. The van der Waals surface area contributed by atoms with Crippen molar-refractivity contribution < 1.29 is 27.1 Å². The Hall–Kier alpha value is -2.00. The third-order valence-corrected chi connectivity index (χ3v) is 20.2. The van der Waals surface area contributed by atoms with Crippen LogP contribution >= 0.6 is 0 Å². The van der Waals surface area contributed by atoms with Gasteiger partial charge in [-0.15, -0.1) is 0 Å². The predicted molar refractivity (Wildman–Crippen MR) is 227 cm³/mol. The molecule has 1 N–H and O–H groups in total. The molecule has 0 bridgehead atoms. The Morgan fingerprint density at radius 1 is 0.930 bits per heavy atom. The van der Waals surface area contributed by atoms with Crippen molar-refractivity contribution in [2.45, 2.75) is 138 Å². The number of sulfone groups is 1. The van der Waals surface area contributed by atoms with Gasteiger partial charge in [-0.1, -0.05) is 72.3 Å². The molecule has 0 radical (unpaired) electrons. The summed E-state index contributed by atoms with van der Waals surface area (Å²) in [6.07, 6.45) is 17.9. The highest BCUT2D eigenvalue weighted by Gasteiger charge is 2.71. The third kappa shape index (κ3) is 6.94. The number of hydrogen-bond acceptors (Lipinski definition) is 6. The highest BCUT2D eigenvalue weighted by Crippen LogP contribution is 2.77. The zero-order valence-corrected chi connectivity index (χ0v) is 37.4. The van der Waals surface area contributed by atoms with Gasteiger partial charge >= 0.3 is 5.97 Å². The summed E-state index contributed by atoms with van der Waals surface area (Å²) in [5, 5.41) is 3.41. The van der Waals surface area contributed by atoms with Crippen LogP contribution in [0.1, 0.15) is 138 Å². The Labute approximate surface area is 344 Å². The number of halogens is 1. The second-order valence-corrected chi connectivity index (χ2v) is 23.8. The van der Waals surface area contributed by atoms with Gasteiger partial charge in [0, 0.05) is 26.2 Å². The molecule has 1 amide bonds. The van der Waals surface area contributed by atoms with E-state index >= 15 is 0 Å². The quantitative estimate of drug-likeness (QED) is 0.127. The van der Waals surface area contributed by atoms with E-state index in [0.29, 0.717) is 75.2 Å². The Bertz CT molecular complexity index is 1760. The molecular formula is C48H75FN2O5S. The van der Waals surface area contributed by atoms with Crippen molar-refractivity contribution in [3.05, 3.63) is 35.5 Å². The number of unbranched alkanes of at least 4 members (excludes halogenated alkanes) is 1. The molecule has 0 unspecified atom stereocenters. The standard InChI is InChI=1S/C48H75FN2O5S/c1-9-10-29-56-42(53)47(32-49)20-13-34(14-21-47)36-16-18-44(6)38(43(36,4)5)17-19-46(8)39(44)12-11-37-40-35(33(2)3)15-22-48(40,24-23-45(37,46)7)41(52)50-25-26-51-27-30-57(54,55)31-28-51/h13,16,35,37-40H,2,9-12,14-15,17-32H2,1,3-8H3,(H,50,52)/t35-,37+,38-,39+,40+,44-,45+,46+,47+,48-/m0/s1. The lowest BCUT2D eigenvalue weighted by atomic mass is 9.32. The van der Waals surface area contributed by atoms with Gasteiger partial charge in [0.25, 0.3) is 0 Å². The van der Waals surface area contributed by atoms with Gasteiger partial charge in [-0.2, -0.15) is 0 Å². The maximum atomic E-state index is 14.6. The molecule has 5 fully saturated rings. The fourth-order valence-electron chi connectivity index (χ4n) is 15.1. The van der Waals surface area contributed by atoms with Crippen molar-refractivity contribution in [3.63, 3.8) is 0 Å². The number of alkyl halides is 1. The summed E-state index contributed by atoms with van der Waals surface area (Å²) in [7, 11) is -2.93. The molecule has 1 saturated heterocycles. The second-order valence-electron chi connectivity index (χ2n) is 21.5. The van der Waals surface area contributed by atoms with Crippen molar-refractivity contribution >= 4 is 21.7 Å². The first-order chi connectivity index (χ1) is 26.8. The highest BCUT2D eigenvalue weighted by molar-refractivity contribution is 7.91. The van der Waals surface area contributed by atoms with E-state index in [2.05, 4.69) is 77.4 Å². The minimum atomic E-state index is -2.93. The number of esters is 1. The van der Waals surface area contributed by atoms with E-state index in [1.54, 1.807) is 0 Å². The molecule has 4 saturated carbocycles. The van der Waals surface area contributed by atoms with E-state index < -0.39 is 21.9 Å². The van der Waals surface area contributed by atoms with Crippen LogP contribution in [0.2, 0.25) is 0 Å². The Balaban J connectivity index is 1.10. The van der Waals surface area contributed by atoms with Crippen LogP contribution in [0.5, 0.6) is 0 Å². The van der Waals surface area contributed by atoms with Crippen LogP contribution in [0.4, 0.5) is 4.39 Å². The summed E-state index contributed by atoms with van der Waals surface area (Å²) < 4.78 is 44.1. The van der Waals surface area contributed by atoms with Crippen LogP contribution < -0.4 is 5.32 Å². The summed E-state index contributed by atoms with van der Waals surface area (Å²) in [5.41, 5.74) is 2.95. The van der Waals surface area contributed by atoms with E-state index in [4.69, 9.17) is 4.74 Å². The molecule has 0 aromatic heterocycles. The van der Waals surface area contributed by atoms with Gasteiger partial charge in [0.15, 0.2) is 9.84 Å². The van der Waals surface area contributed by atoms with Crippen LogP contribution in [0.3, 0.4) is 0 Å². The number of carbonyl (C=O) groups excluding carboxylic acids is 2. The summed E-state index contributed by atoms with van der Waals surface area (Å²) in [5.74, 6) is 2.51. The zero-order valence-electron chi connectivity index (χ0n) is 36.6. The van der Waals surface area contributed by atoms with Crippen LogP contribution in [-0.4, -0.2) is 76.2 Å². The highest BCUT2D eigenvalue weighted by atomic mass is 32.2. The molecule has 7 rings (SSSR count). The molecule has 0 spiro atoms. The van der Waals surface area contributed by atoms with Gasteiger partial charge in [-0.25, -0.2) is 12.8 Å². The monoisotopic (exact) mass is 811 g/mol. The first kappa shape index (κ1) is 43.1. The summed E-state index contributed by atoms with van der Waals surface area (Å²) in [6.45, 7) is 23.7. The Kier molecular flexibility index (Phi) is 11.7.